The largest absolute Gasteiger partial charge is 0.322 e. The molecule has 3 aromatic carbocycles. The molecule has 1 heterocycles. The van der Waals surface area contributed by atoms with Gasteiger partial charge in [-0.3, -0.25) is 4.79 Å². The molecular weight excluding hydrogens is 545 g/mol. The molecule has 4 rings (SSSR count). The summed E-state index contributed by atoms with van der Waals surface area (Å²) in [5.74, 6) is -0.424. The van der Waals surface area contributed by atoms with E-state index in [2.05, 4.69) is 10.6 Å². The van der Waals surface area contributed by atoms with E-state index in [1.807, 2.05) is 0 Å². The normalized spacial score (nSPS) is 15.6. The predicted molar refractivity (Wildman–Crippen MR) is 144 cm³/mol. The van der Waals surface area contributed by atoms with Gasteiger partial charge in [0.25, 0.3) is 0 Å². The van der Waals surface area contributed by atoms with Gasteiger partial charge in [-0.15, -0.1) is 0 Å². The number of nitrogens with one attached hydrogen (secondary N) is 2. The van der Waals surface area contributed by atoms with Crippen LogP contribution >= 0.6 is 34.8 Å². The average molecular weight is 567 g/mol. The molecule has 1 atom stereocenters. The van der Waals surface area contributed by atoms with E-state index in [1.165, 1.54) is 11.0 Å². The Morgan fingerprint density at radius 1 is 0.944 bits per heavy atom. The van der Waals surface area contributed by atoms with E-state index in [1.54, 1.807) is 54.6 Å². The Morgan fingerprint density at radius 2 is 1.58 bits per heavy atom. The van der Waals surface area contributed by atoms with Crippen LogP contribution in [0.3, 0.4) is 0 Å². The molecule has 0 saturated carbocycles. The minimum atomic E-state index is -3.49. The van der Waals surface area contributed by atoms with Crippen LogP contribution in [-0.4, -0.2) is 44.1 Å². The SMILES string of the molecule is CS(=O)(=O)c1ccccc1-c1cc(Cl)c(NC(=O)C2CCCN2C(=O)Nc2ccc(Cl)cc2)c(Cl)c1. The maximum Gasteiger partial charge on any atom is 0.322 e. The van der Waals surface area contributed by atoms with Crippen molar-refractivity contribution in [2.45, 2.75) is 23.8 Å². The zero-order chi connectivity index (χ0) is 26.0. The van der Waals surface area contributed by atoms with Crippen molar-refractivity contribution in [1.29, 1.82) is 0 Å². The first kappa shape index (κ1) is 26.3. The third-order valence-corrected chi connectivity index (χ3v) is 7.80. The Morgan fingerprint density at radius 3 is 2.22 bits per heavy atom. The highest BCUT2D eigenvalue weighted by Crippen LogP contribution is 2.38. The van der Waals surface area contributed by atoms with Crippen LogP contribution in [0.25, 0.3) is 11.1 Å². The smallest absolute Gasteiger partial charge is 0.322 e. The van der Waals surface area contributed by atoms with Crippen molar-refractivity contribution >= 4 is 68.0 Å². The average Bonchev–Trinajstić information content (AvgIpc) is 3.32. The maximum absolute atomic E-state index is 13.1. The molecule has 0 spiro atoms. The monoisotopic (exact) mass is 565 g/mol. The topological polar surface area (TPSA) is 95.6 Å². The van der Waals surface area contributed by atoms with Crippen LogP contribution in [0, 0.1) is 0 Å². The number of amides is 3. The number of carbonyl (C=O) groups is 2. The molecule has 3 amide bonds. The number of rotatable bonds is 5. The number of benzene rings is 3. The van der Waals surface area contributed by atoms with Crippen LogP contribution in [-0.2, 0) is 14.6 Å². The number of likely N-dealkylation sites (tertiary alicyclic amines) is 1. The van der Waals surface area contributed by atoms with Crippen molar-refractivity contribution < 1.29 is 18.0 Å². The fourth-order valence-corrected chi connectivity index (χ4v) is 5.71. The lowest BCUT2D eigenvalue weighted by Gasteiger charge is -2.25. The van der Waals surface area contributed by atoms with Crippen LogP contribution < -0.4 is 10.6 Å². The van der Waals surface area contributed by atoms with Crippen molar-refractivity contribution in [1.82, 2.24) is 4.90 Å². The lowest BCUT2D eigenvalue weighted by molar-refractivity contribution is -0.119. The lowest BCUT2D eigenvalue weighted by Crippen LogP contribution is -2.45. The summed E-state index contributed by atoms with van der Waals surface area (Å²) in [4.78, 5) is 27.5. The summed E-state index contributed by atoms with van der Waals surface area (Å²) >= 11 is 18.8. The number of carbonyl (C=O) groups excluding carboxylic acids is 2. The molecule has 1 fully saturated rings. The molecule has 3 aromatic rings. The molecule has 0 bridgehead atoms. The molecular formula is C25H22Cl3N3O4S. The molecule has 1 aliphatic rings. The number of hydrogen-bond donors (Lipinski definition) is 2. The Labute approximate surface area is 224 Å². The molecule has 2 N–H and O–H groups in total. The van der Waals surface area contributed by atoms with Crippen molar-refractivity contribution in [3.8, 4) is 11.1 Å². The first-order valence-corrected chi connectivity index (χ1v) is 14.0. The van der Waals surface area contributed by atoms with Gasteiger partial charge >= 0.3 is 6.03 Å². The summed E-state index contributed by atoms with van der Waals surface area (Å²) < 4.78 is 24.4. The van der Waals surface area contributed by atoms with E-state index in [0.29, 0.717) is 41.2 Å². The first-order valence-electron chi connectivity index (χ1n) is 11.0. The van der Waals surface area contributed by atoms with E-state index < -0.39 is 27.8 Å². The van der Waals surface area contributed by atoms with Gasteiger partial charge in [-0.05, 0) is 60.9 Å². The minimum Gasteiger partial charge on any atom is -0.322 e. The molecule has 1 unspecified atom stereocenters. The number of urea groups is 1. The molecule has 188 valence electrons. The summed E-state index contributed by atoms with van der Waals surface area (Å²) in [6.45, 7) is 0.417. The predicted octanol–water partition coefficient (Wildman–Crippen LogP) is 6.35. The fraction of sp³-hybridized carbons (Fsp3) is 0.200. The molecule has 0 radical (unpaired) electrons. The third kappa shape index (κ3) is 5.78. The number of anilines is 2. The molecule has 0 aliphatic carbocycles. The van der Waals surface area contributed by atoms with E-state index in [4.69, 9.17) is 34.8 Å². The standard InChI is InChI=1S/C25H22Cl3N3O4S/c1-36(34,35)22-7-3-2-5-18(22)15-13-19(27)23(20(28)14-15)30-24(32)21-6-4-12-31(21)25(33)29-17-10-8-16(26)9-11-17/h2-3,5,7-11,13-14,21H,4,6,12H2,1H3,(H,29,33)(H,30,32). The van der Waals surface area contributed by atoms with Crippen molar-refractivity contribution in [2.24, 2.45) is 0 Å². The Hall–Kier alpha value is -2.78. The van der Waals surface area contributed by atoms with Gasteiger partial charge in [0, 0.05) is 29.1 Å². The van der Waals surface area contributed by atoms with Crippen LogP contribution in [0.2, 0.25) is 15.1 Å². The van der Waals surface area contributed by atoms with Gasteiger partial charge in [-0.1, -0.05) is 53.0 Å². The van der Waals surface area contributed by atoms with Gasteiger partial charge < -0.3 is 15.5 Å². The second kappa shape index (κ2) is 10.7. The van der Waals surface area contributed by atoms with E-state index in [0.717, 1.165) is 6.26 Å². The van der Waals surface area contributed by atoms with Crippen molar-refractivity contribution in [3.05, 3.63) is 75.7 Å². The third-order valence-electron chi connectivity index (χ3n) is 5.80. The van der Waals surface area contributed by atoms with Gasteiger partial charge in [0.15, 0.2) is 9.84 Å². The van der Waals surface area contributed by atoms with Crippen LogP contribution in [0.5, 0.6) is 0 Å². The molecule has 1 aliphatic heterocycles. The lowest BCUT2D eigenvalue weighted by atomic mass is 10.0. The molecule has 36 heavy (non-hydrogen) atoms. The Balaban J connectivity index is 1.54. The summed E-state index contributed by atoms with van der Waals surface area (Å²) in [6.07, 6.45) is 2.27. The highest BCUT2D eigenvalue weighted by Gasteiger charge is 2.35. The van der Waals surface area contributed by atoms with Crippen LogP contribution in [0.15, 0.2) is 65.6 Å². The highest BCUT2D eigenvalue weighted by atomic mass is 35.5. The summed E-state index contributed by atoms with van der Waals surface area (Å²) in [7, 11) is -3.49. The number of nitrogens with zero attached hydrogens (tertiary/aromatic N) is 1. The number of halogens is 3. The summed E-state index contributed by atoms with van der Waals surface area (Å²) in [6, 6.07) is 15.2. The van der Waals surface area contributed by atoms with E-state index >= 15 is 0 Å². The molecule has 1 saturated heterocycles. The zero-order valence-electron chi connectivity index (χ0n) is 19.1. The van der Waals surface area contributed by atoms with E-state index in [9.17, 15) is 18.0 Å². The minimum absolute atomic E-state index is 0.141. The van der Waals surface area contributed by atoms with E-state index in [-0.39, 0.29) is 20.6 Å². The second-order valence-corrected chi connectivity index (χ2v) is 11.6. The second-order valence-electron chi connectivity index (χ2n) is 8.36. The quantitative estimate of drug-likeness (QED) is 0.376. The summed E-state index contributed by atoms with van der Waals surface area (Å²) in [5, 5.41) is 6.35. The Kier molecular flexibility index (Phi) is 7.80. The van der Waals surface area contributed by atoms with Crippen molar-refractivity contribution in [2.75, 3.05) is 23.4 Å². The van der Waals surface area contributed by atoms with Crippen LogP contribution in [0.1, 0.15) is 12.8 Å². The first-order chi connectivity index (χ1) is 17.0. The molecule has 0 aromatic heterocycles. The van der Waals surface area contributed by atoms with Gasteiger partial charge in [0.05, 0.1) is 20.6 Å². The highest BCUT2D eigenvalue weighted by molar-refractivity contribution is 7.90. The van der Waals surface area contributed by atoms with Crippen molar-refractivity contribution in [3.63, 3.8) is 0 Å². The maximum atomic E-state index is 13.1. The Bertz CT molecular complexity index is 1410. The van der Waals surface area contributed by atoms with Gasteiger partial charge in [-0.2, -0.15) is 0 Å². The molecule has 7 nitrogen and oxygen atoms in total. The number of hydrogen-bond acceptors (Lipinski definition) is 4. The summed E-state index contributed by atoms with van der Waals surface area (Å²) in [5.41, 5.74) is 1.69. The van der Waals surface area contributed by atoms with Gasteiger partial charge in [0.2, 0.25) is 5.91 Å². The number of sulfone groups is 1. The fourth-order valence-electron chi connectivity index (χ4n) is 4.09. The van der Waals surface area contributed by atoms with Gasteiger partial charge in [0.1, 0.15) is 6.04 Å². The molecule has 11 heteroatoms. The van der Waals surface area contributed by atoms with Gasteiger partial charge in [-0.25, -0.2) is 13.2 Å². The van der Waals surface area contributed by atoms with Crippen LogP contribution in [0.4, 0.5) is 16.2 Å². The zero-order valence-corrected chi connectivity index (χ0v) is 22.2.